The second-order valence-corrected chi connectivity index (χ2v) is 9.53. The molecule has 2 aromatic heterocycles. The van der Waals surface area contributed by atoms with Gasteiger partial charge >= 0.3 is 0 Å². The number of nitrogens with two attached hydrogens (primary N) is 1. The summed E-state index contributed by atoms with van der Waals surface area (Å²) in [7, 11) is 1.35. The minimum Gasteiger partial charge on any atom is -0.496 e. The second kappa shape index (κ2) is 10.3. The smallest absolute Gasteiger partial charge is 0.255 e. The standard InChI is InChI=1S/C29H23F3N6O3/c1-3-22(39)36-16-5-7-18(20(30)9-16)26-23(24-25(38-26)15(12-33)13-35-27(24)34)14-4-6-19(21(8-14)41-2)28(40)37-17-10-29(31,32)11-17/h3-9,13,17,38H,1,10-11H2,2H3,(H2,34,35)(H,36,39)(H,37,40). The van der Waals surface area contributed by atoms with Crippen molar-refractivity contribution in [2.45, 2.75) is 24.8 Å². The molecule has 4 aromatic rings. The Morgan fingerprint density at radius 1 is 1.27 bits per heavy atom. The van der Waals surface area contributed by atoms with Gasteiger partial charge in [0.2, 0.25) is 5.91 Å². The number of H-pyrrole nitrogens is 1. The zero-order chi connectivity index (χ0) is 29.5. The predicted molar refractivity (Wildman–Crippen MR) is 147 cm³/mol. The molecule has 5 rings (SSSR count). The number of aromatic nitrogens is 2. The molecule has 1 saturated carbocycles. The van der Waals surface area contributed by atoms with Gasteiger partial charge in [0.05, 0.1) is 34.8 Å². The van der Waals surface area contributed by atoms with Gasteiger partial charge in [0.15, 0.2) is 0 Å². The molecule has 0 atom stereocenters. The maximum absolute atomic E-state index is 15.5. The Hall–Kier alpha value is -5.31. The number of halogens is 3. The molecule has 0 bridgehead atoms. The third kappa shape index (κ3) is 5.05. The van der Waals surface area contributed by atoms with Crippen LogP contribution >= 0.6 is 0 Å². The highest BCUT2D eigenvalue weighted by atomic mass is 19.3. The molecule has 0 unspecified atom stereocenters. The molecule has 2 heterocycles. The zero-order valence-corrected chi connectivity index (χ0v) is 21.6. The van der Waals surface area contributed by atoms with Gasteiger partial charge < -0.3 is 26.1 Å². The number of pyridine rings is 1. The van der Waals surface area contributed by atoms with Gasteiger partial charge in [0.25, 0.3) is 11.8 Å². The van der Waals surface area contributed by atoms with Crippen molar-refractivity contribution >= 4 is 34.2 Å². The highest BCUT2D eigenvalue weighted by Crippen LogP contribution is 2.44. The molecule has 2 aromatic carbocycles. The van der Waals surface area contributed by atoms with Crippen molar-refractivity contribution in [3.8, 4) is 34.2 Å². The lowest BCUT2D eigenvalue weighted by Crippen LogP contribution is -2.50. The number of alkyl halides is 2. The summed E-state index contributed by atoms with van der Waals surface area (Å²) in [6.45, 7) is 3.38. The van der Waals surface area contributed by atoms with Crippen LogP contribution < -0.4 is 21.1 Å². The SMILES string of the molecule is C=CC(=O)Nc1ccc(-c2[nH]c3c(C#N)cnc(N)c3c2-c2ccc(C(=O)NC3CC(F)(F)C3)c(OC)c2)c(F)c1. The third-order valence-corrected chi connectivity index (χ3v) is 6.83. The largest absolute Gasteiger partial charge is 0.496 e. The van der Waals surface area contributed by atoms with Crippen LogP contribution in [0.15, 0.2) is 55.3 Å². The van der Waals surface area contributed by atoms with Crippen molar-refractivity contribution in [1.82, 2.24) is 15.3 Å². The second-order valence-electron chi connectivity index (χ2n) is 9.53. The van der Waals surface area contributed by atoms with Gasteiger partial charge in [-0.15, -0.1) is 0 Å². The van der Waals surface area contributed by atoms with Crippen LogP contribution in [0.5, 0.6) is 5.75 Å². The van der Waals surface area contributed by atoms with E-state index < -0.39 is 42.4 Å². The molecule has 0 saturated heterocycles. The maximum Gasteiger partial charge on any atom is 0.255 e. The summed E-state index contributed by atoms with van der Waals surface area (Å²) in [4.78, 5) is 31.8. The van der Waals surface area contributed by atoms with E-state index in [0.29, 0.717) is 22.0 Å². The van der Waals surface area contributed by atoms with Crippen LogP contribution in [0.3, 0.4) is 0 Å². The summed E-state index contributed by atoms with van der Waals surface area (Å²) in [6, 6.07) is 10.0. The average molecular weight is 561 g/mol. The molecule has 0 aliphatic heterocycles. The highest BCUT2D eigenvalue weighted by molar-refractivity contribution is 6.11. The number of anilines is 2. The minimum atomic E-state index is -2.79. The maximum atomic E-state index is 15.5. The van der Waals surface area contributed by atoms with Gasteiger partial charge in [-0.2, -0.15) is 5.26 Å². The third-order valence-electron chi connectivity index (χ3n) is 6.83. The lowest BCUT2D eigenvalue weighted by atomic mass is 9.88. The number of methoxy groups -OCH3 is 1. The summed E-state index contributed by atoms with van der Waals surface area (Å²) >= 11 is 0. The van der Waals surface area contributed by atoms with Gasteiger partial charge in [0.1, 0.15) is 23.5 Å². The summed E-state index contributed by atoms with van der Waals surface area (Å²) < 4.78 is 47.4. The number of hydrogen-bond acceptors (Lipinski definition) is 6. The molecule has 1 aliphatic carbocycles. The molecule has 1 aliphatic rings. The number of benzene rings is 2. The van der Waals surface area contributed by atoms with Crippen molar-refractivity contribution in [1.29, 1.82) is 5.26 Å². The van der Waals surface area contributed by atoms with Gasteiger partial charge in [-0.25, -0.2) is 18.2 Å². The monoisotopic (exact) mass is 560 g/mol. The van der Waals surface area contributed by atoms with E-state index in [1.807, 2.05) is 6.07 Å². The summed E-state index contributed by atoms with van der Waals surface area (Å²) in [5.74, 6) is -4.37. The Balaban J connectivity index is 1.64. The van der Waals surface area contributed by atoms with E-state index >= 15 is 4.39 Å². The average Bonchev–Trinajstić information content (AvgIpc) is 3.33. The van der Waals surface area contributed by atoms with Gasteiger partial charge in [-0.1, -0.05) is 12.6 Å². The Labute approximate surface area is 231 Å². The normalized spacial score (nSPS) is 14.1. The molecule has 208 valence electrons. The molecule has 0 spiro atoms. The van der Waals surface area contributed by atoms with Crippen molar-refractivity contribution in [3.63, 3.8) is 0 Å². The van der Waals surface area contributed by atoms with E-state index in [1.54, 1.807) is 6.07 Å². The first kappa shape index (κ1) is 27.3. The van der Waals surface area contributed by atoms with Gasteiger partial charge in [0, 0.05) is 41.9 Å². The van der Waals surface area contributed by atoms with Crippen LogP contribution in [-0.4, -0.2) is 40.9 Å². The molecule has 5 N–H and O–H groups in total. The molecule has 41 heavy (non-hydrogen) atoms. The van der Waals surface area contributed by atoms with Crippen LogP contribution in [0, 0.1) is 17.1 Å². The summed E-state index contributed by atoms with van der Waals surface area (Å²) in [5.41, 5.74) is 8.23. The number of carbonyl (C=O) groups excluding carboxylic acids is 2. The number of aromatic amines is 1. The molecule has 1 fully saturated rings. The van der Waals surface area contributed by atoms with Crippen LogP contribution in [0.4, 0.5) is 24.7 Å². The van der Waals surface area contributed by atoms with E-state index in [1.165, 1.54) is 37.6 Å². The number of ether oxygens (including phenoxy) is 1. The molecular weight excluding hydrogens is 537 g/mol. The number of nitrogen functional groups attached to an aromatic ring is 1. The summed E-state index contributed by atoms with van der Waals surface area (Å²) in [6.07, 6.45) is 1.48. The Bertz CT molecular complexity index is 1770. The first-order valence-electron chi connectivity index (χ1n) is 12.4. The van der Waals surface area contributed by atoms with Gasteiger partial charge in [-0.3, -0.25) is 9.59 Å². The highest BCUT2D eigenvalue weighted by Gasteiger charge is 2.46. The van der Waals surface area contributed by atoms with Crippen LogP contribution in [0.2, 0.25) is 0 Å². The number of nitrogens with zero attached hydrogens (tertiary/aromatic N) is 2. The lowest BCUT2D eigenvalue weighted by molar-refractivity contribution is -0.111. The van der Waals surface area contributed by atoms with E-state index in [9.17, 15) is 23.6 Å². The Kier molecular flexibility index (Phi) is 6.88. The first-order valence-corrected chi connectivity index (χ1v) is 12.4. The molecule has 9 nitrogen and oxygen atoms in total. The summed E-state index contributed by atoms with van der Waals surface area (Å²) in [5, 5.41) is 15.1. The fourth-order valence-corrected chi connectivity index (χ4v) is 4.85. The van der Waals surface area contributed by atoms with Crippen LogP contribution in [0.25, 0.3) is 33.3 Å². The van der Waals surface area contributed by atoms with Crippen LogP contribution in [0.1, 0.15) is 28.8 Å². The van der Waals surface area contributed by atoms with Crippen molar-refractivity contribution < 1.29 is 27.5 Å². The minimum absolute atomic E-state index is 0.0680. The number of nitriles is 1. The molecule has 12 heteroatoms. The number of carbonyl (C=O) groups is 2. The van der Waals surface area contributed by atoms with Gasteiger partial charge in [-0.05, 0) is 42.0 Å². The number of nitrogens with one attached hydrogen (secondary N) is 3. The van der Waals surface area contributed by atoms with Crippen LogP contribution in [-0.2, 0) is 4.79 Å². The number of rotatable bonds is 7. The fourth-order valence-electron chi connectivity index (χ4n) is 4.85. The fraction of sp³-hybridized carbons (Fsp3) is 0.172. The van der Waals surface area contributed by atoms with E-state index in [-0.39, 0.29) is 39.6 Å². The number of hydrogen-bond donors (Lipinski definition) is 4. The quantitative estimate of drug-likeness (QED) is 0.230. The van der Waals surface area contributed by atoms with Crippen molar-refractivity contribution in [3.05, 3.63) is 72.2 Å². The predicted octanol–water partition coefficient (Wildman–Crippen LogP) is 5.15. The van der Waals surface area contributed by atoms with Crippen molar-refractivity contribution in [2.75, 3.05) is 18.2 Å². The molecule has 2 amide bonds. The molecule has 0 radical (unpaired) electrons. The Morgan fingerprint density at radius 2 is 2.02 bits per heavy atom. The number of amides is 2. The van der Waals surface area contributed by atoms with E-state index in [4.69, 9.17) is 10.5 Å². The van der Waals surface area contributed by atoms with E-state index in [0.717, 1.165) is 12.1 Å². The van der Waals surface area contributed by atoms with Crippen molar-refractivity contribution in [2.24, 2.45) is 0 Å². The number of fused-ring (bicyclic) bond motifs is 1. The topological polar surface area (TPSA) is 146 Å². The first-order chi connectivity index (χ1) is 19.5. The Morgan fingerprint density at radius 3 is 2.66 bits per heavy atom. The van der Waals surface area contributed by atoms with E-state index in [2.05, 4.69) is 27.2 Å². The molecular formula is C29H23F3N6O3. The lowest BCUT2D eigenvalue weighted by Gasteiger charge is -2.35. The zero-order valence-electron chi connectivity index (χ0n) is 21.6.